The van der Waals surface area contributed by atoms with Crippen LogP contribution in [0.1, 0.15) is 50.5 Å². The Kier molecular flexibility index (Phi) is 6.68. The number of hydrogen-bond acceptors (Lipinski definition) is 3. The van der Waals surface area contributed by atoms with Crippen molar-refractivity contribution in [2.45, 2.75) is 50.4 Å². The van der Waals surface area contributed by atoms with Crippen molar-refractivity contribution in [3.8, 4) is 5.75 Å². The van der Waals surface area contributed by atoms with Gasteiger partial charge in [-0.1, -0.05) is 37.5 Å². The van der Waals surface area contributed by atoms with Crippen LogP contribution in [0.2, 0.25) is 0 Å². The third-order valence-corrected chi connectivity index (χ3v) is 6.52. The SMILES string of the molecule is O=C(Nc1ccc(OCCN2CCCC2)cc1)C1(c2ccccc2F)CCCCC1. The molecule has 30 heavy (non-hydrogen) atoms. The van der Waals surface area contributed by atoms with Crippen molar-refractivity contribution >= 4 is 11.6 Å². The van der Waals surface area contributed by atoms with Crippen LogP contribution in [0, 0.1) is 5.82 Å². The van der Waals surface area contributed by atoms with Crippen LogP contribution in [-0.4, -0.2) is 37.0 Å². The van der Waals surface area contributed by atoms with Crippen LogP contribution in [0.3, 0.4) is 0 Å². The summed E-state index contributed by atoms with van der Waals surface area (Å²) in [6.45, 7) is 3.95. The first kappa shape index (κ1) is 20.9. The third-order valence-electron chi connectivity index (χ3n) is 6.52. The van der Waals surface area contributed by atoms with Crippen molar-refractivity contribution in [2.24, 2.45) is 0 Å². The fourth-order valence-corrected chi connectivity index (χ4v) is 4.81. The van der Waals surface area contributed by atoms with Gasteiger partial charge in [0.2, 0.25) is 5.91 Å². The number of rotatable bonds is 7. The number of amides is 1. The summed E-state index contributed by atoms with van der Waals surface area (Å²) in [5.74, 6) is 0.389. The summed E-state index contributed by atoms with van der Waals surface area (Å²) in [5, 5.41) is 3.04. The van der Waals surface area contributed by atoms with E-state index in [1.54, 1.807) is 12.1 Å². The largest absolute Gasteiger partial charge is 0.492 e. The predicted molar refractivity (Wildman–Crippen MR) is 117 cm³/mol. The van der Waals surface area contributed by atoms with Crippen LogP contribution in [0.4, 0.5) is 10.1 Å². The van der Waals surface area contributed by atoms with E-state index in [0.29, 0.717) is 30.7 Å². The van der Waals surface area contributed by atoms with Gasteiger partial charge in [0.1, 0.15) is 18.2 Å². The van der Waals surface area contributed by atoms with Gasteiger partial charge in [-0.3, -0.25) is 9.69 Å². The van der Waals surface area contributed by atoms with Crippen LogP contribution < -0.4 is 10.1 Å². The molecule has 5 heteroatoms. The normalized spacial score (nSPS) is 18.8. The average molecular weight is 411 g/mol. The molecule has 1 saturated carbocycles. The summed E-state index contributed by atoms with van der Waals surface area (Å²) in [6.07, 6.45) is 6.88. The Labute approximate surface area is 178 Å². The van der Waals surface area contributed by atoms with Crippen LogP contribution >= 0.6 is 0 Å². The van der Waals surface area contributed by atoms with Crippen LogP contribution in [0.25, 0.3) is 0 Å². The van der Waals surface area contributed by atoms with E-state index < -0.39 is 5.41 Å². The first-order valence-corrected chi connectivity index (χ1v) is 11.2. The summed E-state index contributed by atoms with van der Waals surface area (Å²) in [7, 11) is 0. The van der Waals surface area contributed by atoms with Gasteiger partial charge in [0.05, 0.1) is 5.41 Å². The Morgan fingerprint density at radius 1 is 0.967 bits per heavy atom. The van der Waals surface area contributed by atoms with Crippen molar-refractivity contribution < 1.29 is 13.9 Å². The lowest BCUT2D eigenvalue weighted by atomic mass is 9.68. The molecule has 2 aromatic rings. The van der Waals surface area contributed by atoms with Gasteiger partial charge in [-0.05, 0) is 69.1 Å². The number of benzene rings is 2. The molecule has 0 radical (unpaired) electrons. The quantitative estimate of drug-likeness (QED) is 0.687. The molecule has 1 aliphatic carbocycles. The number of nitrogens with one attached hydrogen (secondary N) is 1. The highest BCUT2D eigenvalue weighted by Gasteiger charge is 2.42. The zero-order valence-electron chi connectivity index (χ0n) is 17.5. The number of nitrogens with zero attached hydrogens (tertiary/aromatic N) is 1. The Morgan fingerprint density at radius 2 is 1.67 bits per heavy atom. The maximum absolute atomic E-state index is 14.6. The predicted octanol–water partition coefficient (Wildman–Crippen LogP) is 5.14. The Bertz CT molecular complexity index is 840. The molecule has 4 nitrogen and oxygen atoms in total. The number of hydrogen-bond donors (Lipinski definition) is 1. The van der Waals surface area contributed by atoms with Gasteiger partial charge in [-0.2, -0.15) is 0 Å². The summed E-state index contributed by atoms with van der Waals surface area (Å²) in [4.78, 5) is 15.7. The number of halogens is 1. The number of ether oxygens (including phenoxy) is 1. The second-order valence-electron chi connectivity index (χ2n) is 8.50. The first-order valence-electron chi connectivity index (χ1n) is 11.2. The molecule has 0 bridgehead atoms. The Morgan fingerprint density at radius 3 is 2.37 bits per heavy atom. The molecular formula is C25H31FN2O2. The third kappa shape index (κ3) is 4.67. The van der Waals surface area contributed by atoms with Crippen LogP contribution in [0.15, 0.2) is 48.5 Å². The maximum atomic E-state index is 14.6. The molecule has 2 aliphatic rings. The average Bonchev–Trinajstić information content (AvgIpc) is 3.29. The highest BCUT2D eigenvalue weighted by molar-refractivity contribution is 5.99. The molecule has 1 heterocycles. The monoisotopic (exact) mass is 410 g/mol. The summed E-state index contributed by atoms with van der Waals surface area (Å²) in [5.41, 5.74) is 0.436. The maximum Gasteiger partial charge on any atom is 0.235 e. The van der Waals surface area contributed by atoms with Crippen molar-refractivity contribution in [2.75, 3.05) is 31.6 Å². The molecule has 1 amide bonds. The van der Waals surface area contributed by atoms with Gasteiger partial charge in [-0.15, -0.1) is 0 Å². The molecule has 0 aromatic heterocycles. The van der Waals surface area contributed by atoms with Crippen LogP contribution in [0.5, 0.6) is 5.75 Å². The zero-order chi connectivity index (χ0) is 20.8. The van der Waals surface area contributed by atoms with Gasteiger partial charge >= 0.3 is 0 Å². The second-order valence-corrected chi connectivity index (χ2v) is 8.50. The van der Waals surface area contributed by atoms with Crippen molar-refractivity contribution in [1.82, 2.24) is 4.90 Å². The van der Waals surface area contributed by atoms with Crippen molar-refractivity contribution in [3.63, 3.8) is 0 Å². The molecule has 2 aromatic carbocycles. The molecule has 1 saturated heterocycles. The van der Waals surface area contributed by atoms with E-state index in [0.717, 1.165) is 44.6 Å². The number of carbonyl (C=O) groups excluding carboxylic acids is 1. The summed E-state index contributed by atoms with van der Waals surface area (Å²) >= 11 is 0. The van der Waals surface area contributed by atoms with E-state index in [1.165, 1.54) is 18.9 Å². The lowest BCUT2D eigenvalue weighted by Crippen LogP contribution is -2.42. The number of likely N-dealkylation sites (tertiary alicyclic amines) is 1. The van der Waals surface area contributed by atoms with E-state index in [9.17, 15) is 9.18 Å². The highest BCUT2D eigenvalue weighted by Crippen LogP contribution is 2.41. The molecule has 2 fully saturated rings. The van der Waals surface area contributed by atoms with E-state index in [4.69, 9.17) is 4.74 Å². The molecule has 0 atom stereocenters. The van der Waals surface area contributed by atoms with Gasteiger partial charge in [0, 0.05) is 17.8 Å². The number of carbonyl (C=O) groups is 1. The smallest absolute Gasteiger partial charge is 0.235 e. The molecule has 0 unspecified atom stereocenters. The van der Waals surface area contributed by atoms with E-state index in [-0.39, 0.29) is 11.7 Å². The molecule has 4 rings (SSSR count). The molecule has 0 spiro atoms. The van der Waals surface area contributed by atoms with Crippen LogP contribution in [-0.2, 0) is 10.2 Å². The van der Waals surface area contributed by atoms with Crippen molar-refractivity contribution in [3.05, 3.63) is 59.9 Å². The summed E-state index contributed by atoms with van der Waals surface area (Å²) < 4.78 is 20.4. The first-order chi connectivity index (χ1) is 14.7. The van der Waals surface area contributed by atoms with Gasteiger partial charge in [-0.25, -0.2) is 4.39 Å². The minimum atomic E-state index is -0.797. The van der Waals surface area contributed by atoms with Crippen molar-refractivity contribution in [1.29, 1.82) is 0 Å². The van der Waals surface area contributed by atoms with Gasteiger partial charge in [0.25, 0.3) is 0 Å². The Hall–Kier alpha value is -2.40. The summed E-state index contributed by atoms with van der Waals surface area (Å²) in [6, 6.07) is 14.2. The zero-order valence-corrected chi connectivity index (χ0v) is 17.5. The van der Waals surface area contributed by atoms with Gasteiger partial charge < -0.3 is 10.1 Å². The highest BCUT2D eigenvalue weighted by atomic mass is 19.1. The molecule has 1 aliphatic heterocycles. The Balaban J connectivity index is 1.40. The fourth-order valence-electron chi connectivity index (χ4n) is 4.81. The molecule has 1 N–H and O–H groups in total. The van der Waals surface area contributed by atoms with E-state index >= 15 is 0 Å². The molecule has 160 valence electrons. The lowest BCUT2D eigenvalue weighted by molar-refractivity contribution is -0.122. The minimum Gasteiger partial charge on any atom is -0.492 e. The van der Waals surface area contributed by atoms with E-state index in [1.807, 2.05) is 30.3 Å². The minimum absolute atomic E-state index is 0.116. The van der Waals surface area contributed by atoms with Gasteiger partial charge in [0.15, 0.2) is 0 Å². The second kappa shape index (κ2) is 9.61. The fraction of sp³-hybridized carbons (Fsp3) is 0.480. The topological polar surface area (TPSA) is 41.6 Å². The lowest BCUT2D eigenvalue weighted by Gasteiger charge is -2.36. The number of anilines is 1. The molecular weight excluding hydrogens is 379 g/mol. The van der Waals surface area contributed by atoms with E-state index in [2.05, 4.69) is 10.2 Å². The standard InChI is InChI=1S/C25H31FN2O2/c26-23-9-3-2-8-22(23)25(14-4-1-5-15-25)24(29)27-20-10-12-21(13-11-20)30-19-18-28-16-6-7-17-28/h2-3,8-13H,1,4-7,14-19H2,(H,27,29).